The fraction of sp³-hybridized carbons (Fsp3) is 0.579. The predicted octanol–water partition coefficient (Wildman–Crippen LogP) is 2.34. The van der Waals surface area contributed by atoms with Gasteiger partial charge in [-0.15, -0.1) is 0 Å². The van der Waals surface area contributed by atoms with Gasteiger partial charge in [0.2, 0.25) is 0 Å². The molecule has 2 fully saturated rings. The summed E-state index contributed by atoms with van der Waals surface area (Å²) in [5.74, 6) is 0.745. The number of nitrogens with one attached hydrogen (secondary N) is 1. The summed E-state index contributed by atoms with van der Waals surface area (Å²) in [6.45, 7) is 0.357. The number of amides is 1. The van der Waals surface area contributed by atoms with Crippen LogP contribution in [-0.4, -0.2) is 74.2 Å². The molecular weight excluding hydrogens is 406 g/mol. The minimum absolute atomic E-state index is 0.0535. The fourth-order valence-electron chi connectivity index (χ4n) is 3.52. The Balaban J connectivity index is 1.55. The lowest BCUT2D eigenvalue weighted by atomic mass is 10.2. The summed E-state index contributed by atoms with van der Waals surface area (Å²) < 4.78 is 35.3. The lowest BCUT2D eigenvalue weighted by molar-refractivity contribution is -0.142. The Bertz CT molecular complexity index is 736. The smallest absolute Gasteiger partial charge is 0.387 e. The van der Waals surface area contributed by atoms with E-state index in [1.165, 1.54) is 12.1 Å². The number of benzene rings is 1. The van der Waals surface area contributed by atoms with Gasteiger partial charge in [0.15, 0.2) is 5.96 Å². The van der Waals surface area contributed by atoms with Crippen molar-refractivity contribution < 1.29 is 23.0 Å². The van der Waals surface area contributed by atoms with E-state index in [1.54, 1.807) is 13.1 Å². The van der Waals surface area contributed by atoms with Crippen LogP contribution in [0, 0.1) is 0 Å². The molecule has 7 nitrogen and oxygen atoms in total. The van der Waals surface area contributed by atoms with Gasteiger partial charge in [0, 0.05) is 57.0 Å². The maximum Gasteiger partial charge on any atom is 0.387 e. The first-order valence-electron chi connectivity index (χ1n) is 9.57. The predicted molar refractivity (Wildman–Crippen MR) is 105 cm³/mol. The summed E-state index contributed by atoms with van der Waals surface area (Å²) in [4.78, 5) is 20.6. The van der Waals surface area contributed by atoms with E-state index in [-0.39, 0.29) is 24.3 Å². The van der Waals surface area contributed by atoms with Crippen molar-refractivity contribution in [3.8, 4) is 5.75 Å². The second-order valence-corrected chi connectivity index (χ2v) is 7.28. The molecule has 160 valence electrons. The van der Waals surface area contributed by atoms with Crippen molar-refractivity contribution in [2.24, 2.45) is 4.99 Å². The number of rotatable bonds is 5. The number of halogens is 3. The molecule has 10 heteroatoms. The second kappa shape index (κ2) is 10.1. The number of guanidine groups is 1. The van der Waals surface area contributed by atoms with Gasteiger partial charge in [0.1, 0.15) is 11.9 Å². The maximum absolute atomic E-state index is 12.6. The van der Waals surface area contributed by atoms with Crippen molar-refractivity contribution >= 4 is 23.5 Å². The van der Waals surface area contributed by atoms with Crippen LogP contribution in [0.15, 0.2) is 23.2 Å². The lowest BCUT2D eigenvalue weighted by Crippen LogP contribution is -2.55. The van der Waals surface area contributed by atoms with Crippen LogP contribution in [0.3, 0.4) is 0 Å². The molecule has 1 unspecified atom stereocenters. The van der Waals surface area contributed by atoms with Crippen LogP contribution in [0.4, 0.5) is 8.78 Å². The van der Waals surface area contributed by atoms with E-state index < -0.39 is 6.61 Å². The third kappa shape index (κ3) is 5.70. The number of carbonyl (C=O) groups excluding carboxylic acids is 1. The van der Waals surface area contributed by atoms with Crippen LogP contribution in [-0.2, 0) is 16.1 Å². The van der Waals surface area contributed by atoms with Gasteiger partial charge < -0.3 is 24.6 Å². The van der Waals surface area contributed by atoms with E-state index in [0.29, 0.717) is 49.3 Å². The third-order valence-electron chi connectivity index (χ3n) is 4.98. The zero-order chi connectivity index (χ0) is 20.8. The van der Waals surface area contributed by atoms with E-state index in [1.807, 2.05) is 9.80 Å². The maximum atomic E-state index is 12.6. The molecule has 29 heavy (non-hydrogen) atoms. The minimum atomic E-state index is -2.91. The summed E-state index contributed by atoms with van der Waals surface area (Å²) in [6, 6.07) is 4.50. The molecule has 3 rings (SSSR count). The van der Waals surface area contributed by atoms with E-state index in [0.717, 1.165) is 12.8 Å². The van der Waals surface area contributed by atoms with Crippen LogP contribution < -0.4 is 10.1 Å². The Labute approximate surface area is 173 Å². The van der Waals surface area contributed by atoms with E-state index in [2.05, 4.69) is 15.0 Å². The highest BCUT2D eigenvalue weighted by molar-refractivity contribution is 6.30. The molecule has 1 atom stereocenters. The van der Waals surface area contributed by atoms with Crippen molar-refractivity contribution in [3.63, 3.8) is 0 Å². The molecule has 0 spiro atoms. The molecule has 0 bridgehead atoms. The molecule has 1 N–H and O–H groups in total. The van der Waals surface area contributed by atoms with Gasteiger partial charge >= 0.3 is 6.61 Å². The molecule has 2 heterocycles. The Kier molecular flexibility index (Phi) is 7.49. The Morgan fingerprint density at radius 3 is 2.69 bits per heavy atom. The second-order valence-electron chi connectivity index (χ2n) is 6.85. The first-order chi connectivity index (χ1) is 14.0. The molecule has 0 aliphatic carbocycles. The van der Waals surface area contributed by atoms with Crippen molar-refractivity contribution in [2.75, 3.05) is 39.8 Å². The van der Waals surface area contributed by atoms with Gasteiger partial charge in [-0.1, -0.05) is 11.6 Å². The van der Waals surface area contributed by atoms with Gasteiger partial charge in [-0.05, 0) is 31.0 Å². The summed E-state index contributed by atoms with van der Waals surface area (Å²) in [7, 11) is 1.65. The number of hydrogen-bond acceptors (Lipinski definition) is 4. The standard InChI is InChI=1S/C19H25ClF2N4O3/c1-23-19(24-12-13-11-14(20)4-5-15(13)29-18(21)22)26-8-6-25(7-9-26)17(27)16-3-2-10-28-16/h4-5,11,16,18H,2-3,6-10,12H2,1H3,(H,23,24). The Morgan fingerprint density at radius 1 is 1.34 bits per heavy atom. The van der Waals surface area contributed by atoms with E-state index in [4.69, 9.17) is 16.3 Å². The topological polar surface area (TPSA) is 66.4 Å². The number of nitrogens with zero attached hydrogens (tertiary/aromatic N) is 3. The van der Waals surface area contributed by atoms with Crippen LogP contribution >= 0.6 is 11.6 Å². The number of piperazine rings is 1. The number of aliphatic imine (C=N–C) groups is 1. The lowest BCUT2D eigenvalue weighted by Gasteiger charge is -2.37. The number of ether oxygens (including phenoxy) is 2. The normalized spacial score (nSPS) is 20.3. The molecule has 1 amide bonds. The molecule has 0 aromatic heterocycles. The number of hydrogen-bond donors (Lipinski definition) is 1. The summed E-state index contributed by atoms with van der Waals surface area (Å²) in [5.41, 5.74) is 0.506. The first kappa shape index (κ1) is 21.6. The van der Waals surface area contributed by atoms with Crippen molar-refractivity contribution in [3.05, 3.63) is 28.8 Å². The van der Waals surface area contributed by atoms with Crippen LogP contribution in [0.5, 0.6) is 5.75 Å². The number of alkyl halides is 2. The Hall–Kier alpha value is -2.13. The van der Waals surface area contributed by atoms with Gasteiger partial charge in [0.05, 0.1) is 0 Å². The molecular formula is C19H25ClF2N4O3. The van der Waals surface area contributed by atoms with Gasteiger partial charge in [-0.25, -0.2) is 0 Å². The molecule has 1 aromatic carbocycles. The minimum Gasteiger partial charge on any atom is -0.434 e. The van der Waals surface area contributed by atoms with Crippen LogP contribution in [0.25, 0.3) is 0 Å². The van der Waals surface area contributed by atoms with Gasteiger partial charge in [-0.2, -0.15) is 8.78 Å². The highest BCUT2D eigenvalue weighted by Crippen LogP contribution is 2.24. The molecule has 2 aliphatic rings. The number of carbonyl (C=O) groups is 1. The van der Waals surface area contributed by atoms with Crippen molar-refractivity contribution in [2.45, 2.75) is 32.1 Å². The average Bonchev–Trinajstić information content (AvgIpc) is 3.25. The monoisotopic (exact) mass is 430 g/mol. The Morgan fingerprint density at radius 2 is 2.07 bits per heavy atom. The quantitative estimate of drug-likeness (QED) is 0.573. The third-order valence-corrected chi connectivity index (χ3v) is 5.22. The molecule has 2 aliphatic heterocycles. The van der Waals surface area contributed by atoms with Gasteiger partial charge in [0.25, 0.3) is 5.91 Å². The summed E-state index contributed by atoms with van der Waals surface area (Å²) >= 11 is 5.99. The van der Waals surface area contributed by atoms with E-state index >= 15 is 0 Å². The highest BCUT2D eigenvalue weighted by Gasteiger charge is 2.30. The van der Waals surface area contributed by atoms with Crippen molar-refractivity contribution in [1.82, 2.24) is 15.1 Å². The molecule has 1 aromatic rings. The van der Waals surface area contributed by atoms with Crippen LogP contribution in [0.1, 0.15) is 18.4 Å². The SMILES string of the molecule is CN=C(NCc1cc(Cl)ccc1OC(F)F)N1CCN(C(=O)C2CCCO2)CC1. The first-order valence-corrected chi connectivity index (χ1v) is 9.95. The van der Waals surface area contributed by atoms with Crippen molar-refractivity contribution in [1.29, 1.82) is 0 Å². The van der Waals surface area contributed by atoms with E-state index in [9.17, 15) is 13.6 Å². The fourth-order valence-corrected chi connectivity index (χ4v) is 3.71. The molecule has 0 radical (unpaired) electrons. The average molecular weight is 431 g/mol. The largest absolute Gasteiger partial charge is 0.434 e. The molecule has 2 saturated heterocycles. The molecule has 0 saturated carbocycles. The van der Waals surface area contributed by atoms with Gasteiger partial charge in [-0.3, -0.25) is 9.79 Å². The van der Waals surface area contributed by atoms with Crippen LogP contribution in [0.2, 0.25) is 5.02 Å². The summed E-state index contributed by atoms with van der Waals surface area (Å²) in [5, 5.41) is 3.59. The zero-order valence-electron chi connectivity index (χ0n) is 16.2. The highest BCUT2D eigenvalue weighted by atomic mass is 35.5. The summed E-state index contributed by atoms with van der Waals surface area (Å²) in [6.07, 6.45) is 1.40. The zero-order valence-corrected chi connectivity index (χ0v) is 17.0.